The van der Waals surface area contributed by atoms with Crippen molar-refractivity contribution < 1.29 is 22.8 Å². The van der Waals surface area contributed by atoms with E-state index in [1.165, 1.54) is 15.8 Å². The van der Waals surface area contributed by atoms with E-state index >= 15 is 0 Å². The number of thiazole rings is 1. The molecule has 3 aromatic heterocycles. The van der Waals surface area contributed by atoms with Gasteiger partial charge in [-0.15, -0.1) is 0 Å². The van der Waals surface area contributed by atoms with Crippen molar-refractivity contribution in [1.29, 1.82) is 0 Å². The molecule has 0 saturated heterocycles. The van der Waals surface area contributed by atoms with E-state index in [1.807, 2.05) is 0 Å². The maximum Gasteiger partial charge on any atom is 0.389 e. The lowest BCUT2D eigenvalue weighted by Gasteiger charge is -2.20. The van der Waals surface area contributed by atoms with Crippen LogP contribution in [0.4, 0.5) is 18.9 Å². The number of aromatic nitrogens is 4. The standard InChI is InChI=1S/C19H18ClF3N6O2S2/c1-2-28(15-11-29(26-16(15)20)13-4-3-6-24-10-13)17(30)14(12-32-8-5-19(21,22)23)27-31-18-25-7-9-33-18/h3-4,6-7,9-11H,2,5,8,12H2,1H3/b27-14-. The second-order valence-corrected chi connectivity index (χ2v) is 8.68. The lowest BCUT2D eigenvalue weighted by atomic mass is 10.3. The van der Waals surface area contributed by atoms with Crippen LogP contribution in [0.15, 0.2) is 47.5 Å². The summed E-state index contributed by atoms with van der Waals surface area (Å²) in [6.45, 7) is 1.94. The number of halogens is 4. The van der Waals surface area contributed by atoms with Gasteiger partial charge in [0.25, 0.3) is 5.91 Å². The quantitative estimate of drug-likeness (QED) is 0.217. The van der Waals surface area contributed by atoms with Crippen molar-refractivity contribution in [2.45, 2.75) is 19.5 Å². The second kappa shape index (κ2) is 11.5. The van der Waals surface area contributed by atoms with Crippen LogP contribution in [0.5, 0.6) is 5.19 Å². The van der Waals surface area contributed by atoms with Crippen LogP contribution in [0.1, 0.15) is 13.3 Å². The minimum Gasteiger partial charge on any atom is -0.324 e. The summed E-state index contributed by atoms with van der Waals surface area (Å²) in [6.07, 6.45) is 0.996. The normalized spacial score (nSPS) is 12.1. The third kappa shape index (κ3) is 7.17. The van der Waals surface area contributed by atoms with Crippen LogP contribution >= 0.6 is 34.7 Å². The van der Waals surface area contributed by atoms with Gasteiger partial charge in [0, 0.05) is 35.8 Å². The number of thioether (sulfide) groups is 1. The van der Waals surface area contributed by atoms with Crippen molar-refractivity contribution in [1.82, 2.24) is 19.7 Å². The summed E-state index contributed by atoms with van der Waals surface area (Å²) >= 11 is 8.38. The fraction of sp³-hybridized carbons (Fsp3) is 0.316. The van der Waals surface area contributed by atoms with E-state index in [1.54, 1.807) is 43.0 Å². The first-order valence-corrected chi connectivity index (χ1v) is 11.9. The summed E-state index contributed by atoms with van der Waals surface area (Å²) in [7, 11) is 0. The van der Waals surface area contributed by atoms with Gasteiger partial charge in [0.1, 0.15) is 5.69 Å². The van der Waals surface area contributed by atoms with Crippen LogP contribution in [0.25, 0.3) is 5.69 Å². The summed E-state index contributed by atoms with van der Waals surface area (Å²) in [4.78, 5) is 27.8. The first-order chi connectivity index (χ1) is 15.8. The van der Waals surface area contributed by atoms with Gasteiger partial charge in [0.2, 0.25) is 0 Å². The molecule has 0 N–H and O–H groups in total. The molecule has 1 amide bonds. The van der Waals surface area contributed by atoms with Crippen molar-refractivity contribution in [2.24, 2.45) is 5.16 Å². The zero-order valence-electron chi connectivity index (χ0n) is 17.2. The molecule has 0 saturated carbocycles. The fourth-order valence-electron chi connectivity index (χ4n) is 2.56. The van der Waals surface area contributed by atoms with E-state index < -0.39 is 18.5 Å². The number of hydrogen-bond acceptors (Lipinski definition) is 8. The van der Waals surface area contributed by atoms with E-state index in [0.717, 1.165) is 23.1 Å². The molecule has 0 unspecified atom stereocenters. The highest BCUT2D eigenvalue weighted by Gasteiger charge is 2.28. The molecule has 33 heavy (non-hydrogen) atoms. The Morgan fingerprint density at radius 3 is 2.85 bits per heavy atom. The van der Waals surface area contributed by atoms with Crippen LogP contribution in [0.3, 0.4) is 0 Å². The van der Waals surface area contributed by atoms with Gasteiger partial charge in [-0.1, -0.05) is 28.1 Å². The lowest BCUT2D eigenvalue weighted by Crippen LogP contribution is -2.38. The van der Waals surface area contributed by atoms with Gasteiger partial charge in [0.15, 0.2) is 10.9 Å². The number of nitrogens with zero attached hydrogens (tertiary/aromatic N) is 6. The molecule has 0 atom stereocenters. The van der Waals surface area contributed by atoms with E-state index in [2.05, 4.69) is 20.2 Å². The van der Waals surface area contributed by atoms with Gasteiger partial charge < -0.3 is 9.74 Å². The van der Waals surface area contributed by atoms with E-state index in [-0.39, 0.29) is 34.1 Å². The number of oxime groups is 1. The smallest absolute Gasteiger partial charge is 0.324 e. The second-order valence-electron chi connectivity index (χ2n) is 6.36. The topological polar surface area (TPSA) is 85.5 Å². The fourth-order valence-corrected chi connectivity index (χ4v) is 4.12. The molecule has 8 nitrogen and oxygen atoms in total. The molecule has 3 heterocycles. The van der Waals surface area contributed by atoms with Crippen LogP contribution in [-0.2, 0) is 4.79 Å². The van der Waals surface area contributed by atoms with Gasteiger partial charge in [0.05, 0.1) is 24.5 Å². The zero-order valence-corrected chi connectivity index (χ0v) is 19.6. The Bertz CT molecular complexity index is 1080. The van der Waals surface area contributed by atoms with Gasteiger partial charge in [-0.3, -0.25) is 9.78 Å². The van der Waals surface area contributed by atoms with Crippen LogP contribution in [0, 0.1) is 0 Å². The predicted molar refractivity (Wildman–Crippen MR) is 123 cm³/mol. The highest BCUT2D eigenvalue weighted by molar-refractivity contribution is 8.00. The Hall–Kier alpha value is -2.64. The molecule has 176 valence electrons. The highest BCUT2D eigenvalue weighted by Crippen LogP contribution is 2.27. The van der Waals surface area contributed by atoms with E-state index in [9.17, 15) is 18.0 Å². The Kier molecular flexibility index (Phi) is 8.69. The average Bonchev–Trinajstić information content (AvgIpc) is 3.44. The molecule has 0 aromatic carbocycles. The number of amides is 1. The number of carbonyl (C=O) groups is 1. The number of anilines is 1. The number of hydrogen-bond donors (Lipinski definition) is 0. The first-order valence-electron chi connectivity index (χ1n) is 9.53. The number of rotatable bonds is 10. The number of alkyl halides is 3. The average molecular weight is 519 g/mol. The summed E-state index contributed by atoms with van der Waals surface area (Å²) < 4.78 is 38.9. The van der Waals surface area contributed by atoms with Crippen molar-refractivity contribution in [3.63, 3.8) is 0 Å². The van der Waals surface area contributed by atoms with Crippen LogP contribution in [-0.4, -0.2) is 55.6 Å². The molecule has 0 aliphatic rings. The Morgan fingerprint density at radius 2 is 2.21 bits per heavy atom. The van der Waals surface area contributed by atoms with E-state index in [4.69, 9.17) is 16.4 Å². The highest BCUT2D eigenvalue weighted by atomic mass is 35.5. The first kappa shape index (κ1) is 25.0. The van der Waals surface area contributed by atoms with Crippen LogP contribution < -0.4 is 9.74 Å². The molecule has 3 aromatic rings. The SMILES string of the molecule is CCN(C(=O)/C(CSCCC(F)(F)F)=N\Oc1nccs1)c1cn(-c2cccnc2)nc1Cl. The summed E-state index contributed by atoms with van der Waals surface area (Å²) in [5.41, 5.74) is 0.873. The molecule has 0 bridgehead atoms. The summed E-state index contributed by atoms with van der Waals surface area (Å²) in [6, 6.07) is 3.50. The summed E-state index contributed by atoms with van der Waals surface area (Å²) in [5, 5.41) is 10.0. The van der Waals surface area contributed by atoms with Gasteiger partial charge >= 0.3 is 11.4 Å². The third-order valence-corrected chi connectivity index (χ3v) is 5.95. The van der Waals surface area contributed by atoms with Crippen LogP contribution in [0.2, 0.25) is 5.15 Å². The Balaban J connectivity index is 1.81. The largest absolute Gasteiger partial charge is 0.389 e. The van der Waals surface area contributed by atoms with Crippen molar-refractivity contribution in [3.8, 4) is 10.9 Å². The minimum atomic E-state index is -4.28. The molecule has 14 heteroatoms. The van der Waals surface area contributed by atoms with Gasteiger partial charge in [-0.2, -0.15) is 30.0 Å². The van der Waals surface area contributed by atoms with Crippen molar-refractivity contribution in [2.75, 3.05) is 23.0 Å². The maximum absolute atomic E-state index is 13.3. The lowest BCUT2D eigenvalue weighted by molar-refractivity contribution is -0.129. The van der Waals surface area contributed by atoms with E-state index in [0.29, 0.717) is 11.4 Å². The molecule has 0 radical (unpaired) electrons. The maximum atomic E-state index is 13.3. The zero-order chi connectivity index (χ0) is 23.8. The molecule has 3 rings (SSSR count). The monoisotopic (exact) mass is 518 g/mol. The Labute approximate surface area is 200 Å². The van der Waals surface area contributed by atoms with Crippen molar-refractivity contribution in [3.05, 3.63) is 47.5 Å². The van der Waals surface area contributed by atoms with Gasteiger partial charge in [-0.25, -0.2) is 9.67 Å². The molecule has 0 aliphatic carbocycles. The number of pyridine rings is 1. The third-order valence-electron chi connectivity index (χ3n) is 4.07. The minimum absolute atomic E-state index is 0.0685. The predicted octanol–water partition coefficient (Wildman–Crippen LogP) is 4.85. The molecule has 0 aliphatic heterocycles. The van der Waals surface area contributed by atoms with Crippen molar-refractivity contribution >= 4 is 52.0 Å². The molecule has 0 spiro atoms. The summed E-state index contributed by atoms with van der Waals surface area (Å²) in [5.74, 6) is -0.884. The van der Waals surface area contributed by atoms with Gasteiger partial charge in [-0.05, 0) is 19.1 Å². The number of carbonyl (C=O) groups excluding carboxylic acids is 1. The molecule has 0 fully saturated rings. The molecular weight excluding hydrogens is 501 g/mol. The Morgan fingerprint density at radius 1 is 1.39 bits per heavy atom. The molecular formula is C19H18ClF3N6O2S2.